The van der Waals surface area contributed by atoms with Gasteiger partial charge >= 0.3 is 12.1 Å². The zero-order valence-electron chi connectivity index (χ0n) is 19.1. The van der Waals surface area contributed by atoms with Crippen molar-refractivity contribution in [2.45, 2.75) is 77.4 Å². The zero-order valence-corrected chi connectivity index (χ0v) is 19.1. The molecule has 0 bridgehead atoms. The number of hydrogen-bond donors (Lipinski definition) is 2. The molecule has 0 aromatic heterocycles. The monoisotopic (exact) mass is 446 g/mol. The number of carbonyl (C=O) groups excluding carboxylic acids is 3. The lowest BCUT2D eigenvalue weighted by molar-refractivity contribution is -0.159. The Morgan fingerprint density at radius 2 is 1.81 bits per heavy atom. The van der Waals surface area contributed by atoms with Crippen molar-refractivity contribution in [2.75, 3.05) is 6.61 Å². The summed E-state index contributed by atoms with van der Waals surface area (Å²) in [7, 11) is 0. The van der Waals surface area contributed by atoms with Crippen molar-refractivity contribution in [3.8, 4) is 0 Å². The highest BCUT2D eigenvalue weighted by molar-refractivity contribution is 6.03. The predicted molar refractivity (Wildman–Crippen MR) is 119 cm³/mol. The zero-order chi connectivity index (χ0) is 23.7. The number of Topliss-reactive ketones (excluding diaryl/α,β-unsaturated/α-hetero) is 1. The van der Waals surface area contributed by atoms with Crippen molar-refractivity contribution in [1.29, 1.82) is 0 Å². The van der Waals surface area contributed by atoms with Crippen molar-refractivity contribution in [3.63, 3.8) is 0 Å². The van der Waals surface area contributed by atoms with Crippen LogP contribution in [0.3, 0.4) is 0 Å². The molecular weight excluding hydrogens is 412 g/mol. The maximum atomic E-state index is 13.1. The molecule has 8 heteroatoms. The number of amides is 2. The van der Waals surface area contributed by atoms with E-state index in [2.05, 4.69) is 17.4 Å². The smallest absolute Gasteiger partial charge is 0.409 e. The molecule has 2 amide bonds. The minimum absolute atomic E-state index is 0.0979. The second-order valence-corrected chi connectivity index (χ2v) is 8.42. The SMILES string of the molecule is CCCCOC(=O)NC1C(=O)C(C)[C@@](C)(C(=O)O)N1C(=O)CCCCCc1ccccc1. The molecule has 1 fully saturated rings. The largest absolute Gasteiger partial charge is 0.479 e. The highest BCUT2D eigenvalue weighted by atomic mass is 16.5. The van der Waals surface area contributed by atoms with E-state index in [0.717, 1.165) is 30.6 Å². The molecule has 0 saturated carbocycles. The number of aryl methyl sites for hydroxylation is 1. The number of carboxylic acid groups (broad SMARTS) is 1. The summed E-state index contributed by atoms with van der Waals surface area (Å²) >= 11 is 0. The Bertz CT molecular complexity index is 812. The van der Waals surface area contributed by atoms with Crippen LogP contribution in [-0.2, 0) is 25.5 Å². The Kier molecular flexibility index (Phi) is 9.23. The van der Waals surface area contributed by atoms with Gasteiger partial charge in [0, 0.05) is 6.42 Å². The Labute approximate surface area is 189 Å². The van der Waals surface area contributed by atoms with Crippen LogP contribution in [0.4, 0.5) is 4.79 Å². The third-order valence-corrected chi connectivity index (χ3v) is 6.18. The van der Waals surface area contributed by atoms with Crippen LogP contribution in [0.15, 0.2) is 30.3 Å². The number of carboxylic acids is 1. The summed E-state index contributed by atoms with van der Waals surface area (Å²) in [5.41, 5.74) is -0.512. The van der Waals surface area contributed by atoms with E-state index in [0.29, 0.717) is 12.8 Å². The van der Waals surface area contributed by atoms with Gasteiger partial charge in [0.2, 0.25) is 5.91 Å². The molecule has 1 aromatic carbocycles. The molecule has 0 spiro atoms. The van der Waals surface area contributed by atoms with E-state index in [4.69, 9.17) is 4.74 Å². The lowest BCUT2D eigenvalue weighted by atomic mass is 9.87. The normalized spacial score (nSPS) is 22.6. The minimum Gasteiger partial charge on any atom is -0.479 e. The Hall–Kier alpha value is -2.90. The molecule has 32 heavy (non-hydrogen) atoms. The highest BCUT2D eigenvalue weighted by Gasteiger charge is 2.60. The number of carbonyl (C=O) groups is 4. The molecule has 2 N–H and O–H groups in total. The number of nitrogens with zero attached hydrogens (tertiary/aromatic N) is 1. The Morgan fingerprint density at radius 1 is 1.12 bits per heavy atom. The number of ketones is 1. The summed E-state index contributed by atoms with van der Waals surface area (Å²) in [4.78, 5) is 51.1. The van der Waals surface area contributed by atoms with Gasteiger partial charge in [0.05, 0.1) is 12.5 Å². The number of rotatable bonds is 11. The fraction of sp³-hybridized carbons (Fsp3) is 0.583. The Morgan fingerprint density at radius 3 is 2.44 bits per heavy atom. The number of ether oxygens (including phenoxy) is 1. The maximum absolute atomic E-state index is 13.1. The van der Waals surface area contributed by atoms with E-state index in [1.807, 2.05) is 25.1 Å². The van der Waals surface area contributed by atoms with Gasteiger partial charge in [-0.1, -0.05) is 57.0 Å². The van der Waals surface area contributed by atoms with Crippen molar-refractivity contribution in [1.82, 2.24) is 10.2 Å². The molecule has 0 radical (unpaired) electrons. The van der Waals surface area contributed by atoms with Gasteiger partial charge in [-0.2, -0.15) is 0 Å². The van der Waals surface area contributed by atoms with Crippen LogP contribution in [0.5, 0.6) is 0 Å². The molecule has 1 aromatic rings. The maximum Gasteiger partial charge on any atom is 0.409 e. The summed E-state index contributed by atoms with van der Waals surface area (Å²) < 4.78 is 5.05. The molecule has 176 valence electrons. The van der Waals surface area contributed by atoms with E-state index in [9.17, 15) is 24.3 Å². The molecule has 1 aliphatic heterocycles. The second-order valence-electron chi connectivity index (χ2n) is 8.42. The fourth-order valence-corrected chi connectivity index (χ4v) is 3.95. The molecular formula is C24H34N2O6. The van der Waals surface area contributed by atoms with E-state index < -0.39 is 41.4 Å². The molecule has 2 unspecified atom stereocenters. The van der Waals surface area contributed by atoms with Crippen LogP contribution in [0, 0.1) is 5.92 Å². The lowest BCUT2D eigenvalue weighted by Crippen LogP contribution is -2.59. The average molecular weight is 447 g/mol. The lowest BCUT2D eigenvalue weighted by Gasteiger charge is -2.35. The molecule has 1 saturated heterocycles. The number of nitrogens with one attached hydrogen (secondary N) is 1. The van der Waals surface area contributed by atoms with Crippen LogP contribution in [0.25, 0.3) is 0 Å². The number of hydrogen-bond acceptors (Lipinski definition) is 5. The van der Waals surface area contributed by atoms with Gasteiger partial charge < -0.3 is 9.84 Å². The molecule has 8 nitrogen and oxygen atoms in total. The van der Waals surface area contributed by atoms with E-state index in [-0.39, 0.29) is 13.0 Å². The first-order chi connectivity index (χ1) is 15.2. The van der Waals surface area contributed by atoms with Crippen LogP contribution >= 0.6 is 0 Å². The molecule has 1 aliphatic rings. The first kappa shape index (κ1) is 25.4. The van der Waals surface area contributed by atoms with Gasteiger partial charge in [-0.25, -0.2) is 9.59 Å². The van der Waals surface area contributed by atoms with Crippen molar-refractivity contribution >= 4 is 23.8 Å². The number of aliphatic carboxylic acids is 1. The van der Waals surface area contributed by atoms with Crippen molar-refractivity contribution in [2.24, 2.45) is 5.92 Å². The summed E-state index contributed by atoms with van der Waals surface area (Å²) in [6.45, 7) is 4.96. The van der Waals surface area contributed by atoms with Gasteiger partial charge in [0.15, 0.2) is 11.9 Å². The molecule has 2 rings (SSSR count). The van der Waals surface area contributed by atoms with Crippen molar-refractivity contribution in [3.05, 3.63) is 35.9 Å². The Balaban J connectivity index is 2.02. The van der Waals surface area contributed by atoms with Gasteiger partial charge in [-0.05, 0) is 38.2 Å². The minimum atomic E-state index is -1.74. The van der Waals surface area contributed by atoms with E-state index in [1.165, 1.54) is 19.4 Å². The number of unbranched alkanes of at least 4 members (excludes halogenated alkanes) is 3. The summed E-state index contributed by atoms with van der Waals surface area (Å²) in [5.74, 6) is -3.23. The third-order valence-electron chi connectivity index (χ3n) is 6.18. The van der Waals surface area contributed by atoms with Crippen LogP contribution < -0.4 is 5.32 Å². The first-order valence-electron chi connectivity index (χ1n) is 11.3. The summed E-state index contributed by atoms with van der Waals surface area (Å²) in [6.07, 6.45) is 2.56. The summed E-state index contributed by atoms with van der Waals surface area (Å²) in [6, 6.07) is 10.0. The quantitative estimate of drug-likeness (QED) is 0.503. The average Bonchev–Trinajstić information content (AvgIpc) is 2.96. The number of benzene rings is 1. The van der Waals surface area contributed by atoms with Crippen LogP contribution in [-0.4, -0.2) is 52.1 Å². The van der Waals surface area contributed by atoms with Gasteiger partial charge in [0.25, 0.3) is 0 Å². The molecule has 1 heterocycles. The van der Waals surface area contributed by atoms with Gasteiger partial charge in [-0.15, -0.1) is 0 Å². The topological polar surface area (TPSA) is 113 Å². The third kappa shape index (κ3) is 5.87. The van der Waals surface area contributed by atoms with Crippen LogP contribution in [0.2, 0.25) is 0 Å². The van der Waals surface area contributed by atoms with Crippen molar-refractivity contribution < 1.29 is 29.0 Å². The van der Waals surface area contributed by atoms with Gasteiger partial charge in [0.1, 0.15) is 5.54 Å². The van der Waals surface area contributed by atoms with Crippen LogP contribution in [0.1, 0.15) is 64.9 Å². The first-order valence-corrected chi connectivity index (χ1v) is 11.3. The fourth-order valence-electron chi connectivity index (χ4n) is 3.95. The molecule has 3 atom stereocenters. The highest BCUT2D eigenvalue weighted by Crippen LogP contribution is 2.37. The van der Waals surface area contributed by atoms with E-state index in [1.54, 1.807) is 0 Å². The standard InChI is InChI=1S/C24H34N2O6/c1-4-5-16-32-23(31)25-21-20(28)17(2)24(3,22(29)30)26(21)19(27)15-11-7-10-14-18-12-8-6-9-13-18/h6,8-9,12-13,17,21H,4-5,7,10-11,14-16H2,1-3H3,(H,25,31)(H,29,30)/t17?,21?,24-/m0/s1. The predicted octanol–water partition coefficient (Wildman–Crippen LogP) is 3.53. The molecule has 0 aliphatic carbocycles. The van der Waals surface area contributed by atoms with Gasteiger partial charge in [-0.3, -0.25) is 19.8 Å². The second kappa shape index (κ2) is 11.6. The number of alkyl carbamates (subject to hydrolysis) is 1. The summed E-state index contributed by atoms with van der Waals surface area (Å²) in [5, 5.41) is 12.3. The van der Waals surface area contributed by atoms with E-state index >= 15 is 0 Å². The number of likely N-dealkylation sites (tertiary alicyclic amines) is 1.